The molecule has 3 amide bonds. The molecule has 236 valence electrons. The average Bonchev–Trinajstić information content (AvgIpc) is 3.06. The topological polar surface area (TPSA) is 155 Å². The Hall–Kier alpha value is -4.90. The summed E-state index contributed by atoms with van der Waals surface area (Å²) in [5.41, 5.74) is 14.6. The second kappa shape index (κ2) is 15.2. The molecule has 2 fully saturated rings. The van der Waals surface area contributed by atoms with E-state index in [0.717, 1.165) is 29.9 Å². The number of amides is 3. The highest BCUT2D eigenvalue weighted by Crippen LogP contribution is 2.29. The predicted molar refractivity (Wildman–Crippen MR) is 175 cm³/mol. The highest BCUT2D eigenvalue weighted by Gasteiger charge is 2.44. The van der Waals surface area contributed by atoms with Crippen molar-refractivity contribution < 1.29 is 19.1 Å². The van der Waals surface area contributed by atoms with Crippen molar-refractivity contribution >= 4 is 35.1 Å². The van der Waals surface area contributed by atoms with Crippen molar-refractivity contribution in [1.82, 2.24) is 10.2 Å². The van der Waals surface area contributed by atoms with Crippen LogP contribution in [0.4, 0.5) is 11.4 Å². The van der Waals surface area contributed by atoms with Gasteiger partial charge in [0.05, 0.1) is 13.2 Å². The number of nitrogens with one attached hydrogen (secondary N) is 2. The minimum absolute atomic E-state index is 0.0294. The maximum Gasteiger partial charge on any atom is 0.256 e. The summed E-state index contributed by atoms with van der Waals surface area (Å²) in [7, 11) is 0. The van der Waals surface area contributed by atoms with E-state index in [-0.39, 0.29) is 24.3 Å². The van der Waals surface area contributed by atoms with E-state index in [1.807, 2.05) is 60.7 Å². The van der Waals surface area contributed by atoms with Crippen molar-refractivity contribution in [2.45, 2.75) is 37.3 Å². The van der Waals surface area contributed by atoms with Crippen molar-refractivity contribution in [2.75, 3.05) is 49.6 Å². The van der Waals surface area contributed by atoms with Gasteiger partial charge in [0.1, 0.15) is 6.04 Å². The van der Waals surface area contributed by atoms with E-state index in [1.54, 1.807) is 0 Å². The highest BCUT2D eigenvalue weighted by atomic mass is 16.5. The van der Waals surface area contributed by atoms with Crippen LogP contribution in [0.15, 0.2) is 89.9 Å². The Labute approximate surface area is 263 Å². The summed E-state index contributed by atoms with van der Waals surface area (Å²) in [6.45, 7) is 3.47. The van der Waals surface area contributed by atoms with Gasteiger partial charge in [0, 0.05) is 43.5 Å². The number of carbonyl (C=O) groups is 3. The normalized spacial score (nSPS) is 18.4. The molecule has 0 spiro atoms. The lowest BCUT2D eigenvalue weighted by molar-refractivity contribution is -0.153. The van der Waals surface area contributed by atoms with Gasteiger partial charge in [-0.25, -0.2) is 0 Å². The number of hydrogen-bond acceptors (Lipinski definition) is 6. The summed E-state index contributed by atoms with van der Waals surface area (Å²) in [5.74, 6) is -1.45. The fourth-order valence-corrected chi connectivity index (χ4v) is 5.93. The smallest absolute Gasteiger partial charge is 0.256 e. The van der Waals surface area contributed by atoms with Crippen LogP contribution in [0, 0.1) is 0 Å². The first-order chi connectivity index (χ1) is 21.9. The van der Waals surface area contributed by atoms with E-state index in [2.05, 4.69) is 44.8 Å². The number of piperazine rings is 1. The molecular weight excluding hydrogens is 570 g/mol. The molecule has 2 aliphatic rings. The molecule has 11 heteroatoms. The molecule has 6 N–H and O–H groups in total. The molecule has 5 rings (SSSR count). The summed E-state index contributed by atoms with van der Waals surface area (Å²) in [6, 6.07) is 25.5. The van der Waals surface area contributed by atoms with Crippen molar-refractivity contribution in [3.63, 3.8) is 0 Å². The molecule has 2 unspecified atom stereocenters. The number of aliphatic imine (C=N–C) groups is 1. The maximum absolute atomic E-state index is 13.9. The second-order valence-electron chi connectivity index (χ2n) is 11.2. The Balaban J connectivity index is 1.35. The predicted octanol–water partition coefficient (Wildman–Crippen LogP) is 2.43. The number of ether oxygens (including phenoxy) is 1. The van der Waals surface area contributed by atoms with E-state index in [0.29, 0.717) is 44.7 Å². The zero-order chi connectivity index (χ0) is 31.6. The number of anilines is 2. The van der Waals surface area contributed by atoms with Crippen LogP contribution < -0.4 is 27.0 Å². The molecule has 11 nitrogen and oxygen atoms in total. The molecular formula is C34H41N7O4. The van der Waals surface area contributed by atoms with Crippen LogP contribution in [0.2, 0.25) is 0 Å². The second-order valence-corrected chi connectivity index (χ2v) is 11.2. The largest absolute Gasteiger partial charge is 0.378 e. The van der Waals surface area contributed by atoms with Gasteiger partial charge in [-0.2, -0.15) is 0 Å². The number of nitrogens with two attached hydrogens (primary N) is 2. The third kappa shape index (κ3) is 8.18. The molecule has 0 bridgehead atoms. The summed E-state index contributed by atoms with van der Waals surface area (Å²) in [5, 5.41) is 5.65. The van der Waals surface area contributed by atoms with Gasteiger partial charge in [-0.3, -0.25) is 19.4 Å². The van der Waals surface area contributed by atoms with Crippen LogP contribution in [0.5, 0.6) is 0 Å². The molecule has 0 saturated carbocycles. The fraction of sp³-hybridized carbons (Fsp3) is 0.353. The summed E-state index contributed by atoms with van der Waals surface area (Å²) >= 11 is 0. The van der Waals surface area contributed by atoms with E-state index in [4.69, 9.17) is 16.2 Å². The minimum atomic E-state index is -1.32. The van der Waals surface area contributed by atoms with Gasteiger partial charge >= 0.3 is 0 Å². The number of morpholine rings is 1. The van der Waals surface area contributed by atoms with Crippen molar-refractivity contribution in [3.8, 4) is 0 Å². The van der Waals surface area contributed by atoms with Crippen LogP contribution in [-0.4, -0.2) is 80.1 Å². The van der Waals surface area contributed by atoms with Gasteiger partial charge < -0.3 is 36.6 Å². The summed E-state index contributed by atoms with van der Waals surface area (Å²) in [6.07, 6.45) is 1.35. The zero-order valence-electron chi connectivity index (χ0n) is 25.3. The van der Waals surface area contributed by atoms with Crippen LogP contribution in [-0.2, 0) is 19.1 Å². The quantitative estimate of drug-likeness (QED) is 0.106. The van der Waals surface area contributed by atoms with Gasteiger partial charge in [0.2, 0.25) is 5.91 Å². The van der Waals surface area contributed by atoms with Crippen LogP contribution in [0.1, 0.15) is 36.3 Å². The van der Waals surface area contributed by atoms with Crippen molar-refractivity contribution in [2.24, 2.45) is 16.5 Å². The zero-order valence-corrected chi connectivity index (χ0v) is 25.3. The monoisotopic (exact) mass is 611 g/mol. The van der Waals surface area contributed by atoms with Crippen LogP contribution >= 0.6 is 0 Å². The van der Waals surface area contributed by atoms with Gasteiger partial charge in [-0.05, 0) is 54.7 Å². The Bertz CT molecular complexity index is 1420. The first-order valence-electron chi connectivity index (χ1n) is 15.4. The molecule has 0 radical (unpaired) electrons. The lowest BCUT2D eigenvalue weighted by Crippen LogP contribution is -2.66. The molecule has 2 atom stereocenters. The first kappa shape index (κ1) is 31.5. The molecule has 0 aromatic heterocycles. The molecule has 2 aliphatic heterocycles. The number of benzene rings is 3. The fourth-order valence-electron chi connectivity index (χ4n) is 5.93. The first-order valence-corrected chi connectivity index (χ1v) is 15.4. The maximum atomic E-state index is 13.9. The lowest BCUT2D eigenvalue weighted by Gasteiger charge is -2.39. The lowest BCUT2D eigenvalue weighted by atomic mass is 9.88. The summed E-state index contributed by atoms with van der Waals surface area (Å²) in [4.78, 5) is 48.8. The van der Waals surface area contributed by atoms with Crippen molar-refractivity contribution in [1.29, 1.82) is 0 Å². The molecule has 3 aromatic carbocycles. The van der Waals surface area contributed by atoms with E-state index in [9.17, 15) is 14.4 Å². The number of rotatable bonds is 12. The Morgan fingerprint density at radius 1 is 0.933 bits per heavy atom. The third-order valence-corrected chi connectivity index (χ3v) is 8.22. The van der Waals surface area contributed by atoms with Crippen LogP contribution in [0.25, 0.3) is 0 Å². The van der Waals surface area contributed by atoms with Gasteiger partial charge in [-0.1, -0.05) is 60.7 Å². The Morgan fingerprint density at radius 3 is 2.16 bits per heavy atom. The van der Waals surface area contributed by atoms with Gasteiger partial charge in [-0.15, -0.1) is 0 Å². The van der Waals surface area contributed by atoms with Crippen molar-refractivity contribution in [3.05, 3.63) is 96.1 Å². The SMILES string of the molecule is NC(N)=NCCCC1NC(=O)C(C(=O)Nc2ccc(N3CCOCC3)cc2)N(CCC(c2ccccc2)c2ccccc2)C1=O. The average molecular weight is 612 g/mol. The molecule has 2 heterocycles. The van der Waals surface area contributed by atoms with E-state index >= 15 is 0 Å². The summed E-state index contributed by atoms with van der Waals surface area (Å²) < 4.78 is 5.44. The molecule has 3 aromatic rings. The van der Waals surface area contributed by atoms with Gasteiger partial charge in [0.25, 0.3) is 11.8 Å². The van der Waals surface area contributed by atoms with E-state index in [1.165, 1.54) is 4.90 Å². The molecule has 0 aliphatic carbocycles. The number of carbonyl (C=O) groups excluding carboxylic acids is 3. The number of nitrogens with zero attached hydrogens (tertiary/aromatic N) is 3. The third-order valence-electron chi connectivity index (χ3n) is 8.22. The van der Waals surface area contributed by atoms with Gasteiger partial charge in [0.15, 0.2) is 12.0 Å². The van der Waals surface area contributed by atoms with Crippen LogP contribution in [0.3, 0.4) is 0 Å². The highest BCUT2D eigenvalue weighted by molar-refractivity contribution is 6.14. The number of hydrogen-bond donors (Lipinski definition) is 4. The molecule has 45 heavy (non-hydrogen) atoms. The van der Waals surface area contributed by atoms with E-state index < -0.39 is 23.9 Å². The Morgan fingerprint density at radius 2 is 1.56 bits per heavy atom. The standard InChI is InChI=1S/C34H41N7O4/c35-34(36)37-18-7-12-29-33(44)41(19-17-28(24-8-3-1-4-9-24)25-10-5-2-6-11-25)30(32(43)39-29)31(42)38-26-13-15-27(16-14-26)40-20-22-45-23-21-40/h1-6,8-11,13-16,28-30H,7,12,17-23H2,(H,38,42)(H,39,43)(H4,35,36,37). The Kier molecular flexibility index (Phi) is 10.7. The number of guanidine groups is 1. The minimum Gasteiger partial charge on any atom is -0.378 e. The molecule has 2 saturated heterocycles.